The van der Waals surface area contributed by atoms with E-state index in [4.69, 9.17) is 4.74 Å². The maximum absolute atomic E-state index is 10.3. The quantitative estimate of drug-likeness (QED) is 0.819. The minimum atomic E-state index is 0.0688. The number of rotatable bonds is 3. The van der Waals surface area contributed by atoms with Crippen molar-refractivity contribution < 1.29 is 9.84 Å². The van der Waals surface area contributed by atoms with E-state index in [1.54, 1.807) is 0 Å². The molecule has 0 amide bonds. The van der Waals surface area contributed by atoms with Gasteiger partial charge in [-0.05, 0) is 48.4 Å². The molecule has 0 fully saturated rings. The van der Waals surface area contributed by atoms with E-state index in [-0.39, 0.29) is 5.41 Å². The van der Waals surface area contributed by atoms with Crippen LogP contribution >= 0.6 is 0 Å². The Hall–Kier alpha value is -1.44. The van der Waals surface area contributed by atoms with Crippen LogP contribution in [0.2, 0.25) is 0 Å². The van der Waals surface area contributed by atoms with E-state index in [0.717, 1.165) is 36.1 Å². The predicted octanol–water partition coefficient (Wildman–Crippen LogP) is 4.35. The Morgan fingerprint density at radius 1 is 1.32 bits per heavy atom. The van der Waals surface area contributed by atoms with Gasteiger partial charge in [0.2, 0.25) is 0 Å². The van der Waals surface area contributed by atoms with E-state index in [1.807, 2.05) is 6.07 Å². The van der Waals surface area contributed by atoms with Crippen LogP contribution in [-0.2, 0) is 11.8 Å². The van der Waals surface area contributed by atoms with Crippen molar-refractivity contribution in [3.8, 4) is 11.5 Å². The minimum Gasteiger partial charge on any atom is -0.508 e. The maximum Gasteiger partial charge on any atom is 0.127 e. The molecule has 0 unspecified atom stereocenters. The Morgan fingerprint density at radius 2 is 2.05 bits per heavy atom. The average molecular weight is 260 g/mol. The Morgan fingerprint density at radius 3 is 2.74 bits per heavy atom. The molecule has 0 saturated heterocycles. The first kappa shape index (κ1) is 14.0. The number of allylic oxidation sites excluding steroid dienone is 1. The molecular weight excluding hydrogens is 236 g/mol. The molecule has 1 aliphatic heterocycles. The van der Waals surface area contributed by atoms with Crippen LogP contribution in [0.25, 0.3) is 0 Å². The third-order valence-electron chi connectivity index (χ3n) is 3.95. The highest BCUT2D eigenvalue weighted by molar-refractivity contribution is 5.51. The second kappa shape index (κ2) is 5.28. The van der Waals surface area contributed by atoms with Gasteiger partial charge in [-0.15, -0.1) is 0 Å². The van der Waals surface area contributed by atoms with Gasteiger partial charge in [0, 0.05) is 5.56 Å². The molecule has 0 aliphatic carbocycles. The van der Waals surface area contributed by atoms with Gasteiger partial charge in [0.1, 0.15) is 18.1 Å². The molecule has 0 saturated carbocycles. The van der Waals surface area contributed by atoms with Gasteiger partial charge >= 0.3 is 0 Å². The van der Waals surface area contributed by atoms with Crippen molar-refractivity contribution in [1.29, 1.82) is 0 Å². The molecule has 1 aromatic rings. The summed E-state index contributed by atoms with van der Waals surface area (Å²) in [4.78, 5) is 0. The molecule has 1 heterocycles. The molecule has 0 spiro atoms. The number of fused-ring (bicyclic) bond motifs is 1. The van der Waals surface area contributed by atoms with Gasteiger partial charge in [0.25, 0.3) is 0 Å². The third-order valence-corrected chi connectivity index (χ3v) is 3.95. The largest absolute Gasteiger partial charge is 0.508 e. The van der Waals surface area contributed by atoms with Crippen LogP contribution < -0.4 is 4.74 Å². The molecule has 104 valence electrons. The molecule has 2 rings (SSSR count). The maximum atomic E-state index is 10.3. The summed E-state index contributed by atoms with van der Waals surface area (Å²) in [6, 6.07) is 4.02. The fourth-order valence-corrected chi connectivity index (χ4v) is 2.65. The molecule has 0 atom stereocenters. The molecule has 1 aliphatic rings. The third kappa shape index (κ3) is 2.94. The first-order valence-corrected chi connectivity index (χ1v) is 7.09. The second-order valence-electron chi connectivity index (χ2n) is 6.15. The number of hydrogen-bond acceptors (Lipinski definition) is 2. The zero-order valence-corrected chi connectivity index (χ0v) is 12.4. The zero-order valence-electron chi connectivity index (χ0n) is 12.4. The SMILES string of the molecule is CCCC(C)(C)c1cc(O)c2c(c1)OCC(C)=CC2. The van der Waals surface area contributed by atoms with Crippen LogP contribution in [0.3, 0.4) is 0 Å². The molecule has 2 nitrogen and oxygen atoms in total. The van der Waals surface area contributed by atoms with Crippen LogP contribution in [0.4, 0.5) is 0 Å². The molecule has 1 N–H and O–H groups in total. The normalized spacial score (nSPS) is 15.3. The standard InChI is InChI=1S/C17H24O2/c1-5-8-17(3,4)13-9-15(18)14-7-6-12(2)11-19-16(14)10-13/h6,9-10,18H,5,7-8,11H2,1-4H3. The van der Waals surface area contributed by atoms with Crippen molar-refractivity contribution in [3.63, 3.8) is 0 Å². The van der Waals surface area contributed by atoms with Crippen molar-refractivity contribution >= 4 is 0 Å². The van der Waals surface area contributed by atoms with Crippen molar-refractivity contribution in [2.45, 2.75) is 52.4 Å². The Kier molecular flexibility index (Phi) is 3.88. The van der Waals surface area contributed by atoms with Gasteiger partial charge in [0.05, 0.1) is 0 Å². The Labute approximate surface area is 116 Å². The topological polar surface area (TPSA) is 29.5 Å². The second-order valence-corrected chi connectivity index (χ2v) is 6.15. The lowest BCUT2D eigenvalue weighted by atomic mass is 9.80. The highest BCUT2D eigenvalue weighted by Gasteiger charge is 2.23. The van der Waals surface area contributed by atoms with E-state index in [1.165, 1.54) is 5.57 Å². The molecule has 0 aromatic heterocycles. The first-order chi connectivity index (χ1) is 8.94. The van der Waals surface area contributed by atoms with E-state index in [2.05, 4.69) is 39.8 Å². The Balaban J connectivity index is 2.41. The monoisotopic (exact) mass is 260 g/mol. The summed E-state index contributed by atoms with van der Waals surface area (Å²) in [5, 5.41) is 10.3. The van der Waals surface area contributed by atoms with Crippen molar-refractivity contribution in [2.75, 3.05) is 6.61 Å². The first-order valence-electron chi connectivity index (χ1n) is 7.09. The lowest BCUT2D eigenvalue weighted by Gasteiger charge is -2.26. The molecule has 2 heteroatoms. The summed E-state index contributed by atoms with van der Waals surface area (Å²) >= 11 is 0. The van der Waals surface area contributed by atoms with Gasteiger partial charge in [-0.1, -0.05) is 33.3 Å². The zero-order chi connectivity index (χ0) is 14.0. The van der Waals surface area contributed by atoms with Crippen molar-refractivity contribution in [1.82, 2.24) is 0 Å². The summed E-state index contributed by atoms with van der Waals surface area (Å²) in [6.45, 7) is 9.31. The van der Waals surface area contributed by atoms with Crippen LogP contribution in [-0.4, -0.2) is 11.7 Å². The highest BCUT2D eigenvalue weighted by Crippen LogP contribution is 2.38. The van der Waals surface area contributed by atoms with E-state index in [9.17, 15) is 5.11 Å². The van der Waals surface area contributed by atoms with E-state index >= 15 is 0 Å². The number of phenolic OH excluding ortho intramolecular Hbond substituents is 1. The van der Waals surface area contributed by atoms with Gasteiger partial charge in [0.15, 0.2) is 0 Å². The van der Waals surface area contributed by atoms with Crippen LogP contribution in [0.1, 0.15) is 51.7 Å². The fraction of sp³-hybridized carbons (Fsp3) is 0.529. The lowest BCUT2D eigenvalue weighted by molar-refractivity contribution is 0.346. The molecule has 1 aromatic carbocycles. The minimum absolute atomic E-state index is 0.0688. The number of benzene rings is 1. The van der Waals surface area contributed by atoms with Crippen LogP contribution in [0.5, 0.6) is 11.5 Å². The molecule has 19 heavy (non-hydrogen) atoms. The van der Waals surface area contributed by atoms with Gasteiger partial charge in [-0.3, -0.25) is 0 Å². The molecular formula is C17H24O2. The van der Waals surface area contributed by atoms with Gasteiger partial charge in [-0.2, -0.15) is 0 Å². The number of ether oxygens (including phenoxy) is 1. The van der Waals surface area contributed by atoms with Gasteiger partial charge < -0.3 is 9.84 Å². The summed E-state index contributed by atoms with van der Waals surface area (Å²) < 4.78 is 5.83. The average Bonchev–Trinajstić information content (AvgIpc) is 2.52. The number of hydrogen-bond donors (Lipinski definition) is 1. The number of aromatic hydroxyl groups is 1. The summed E-state index contributed by atoms with van der Waals surface area (Å²) in [5.74, 6) is 1.20. The predicted molar refractivity (Wildman–Crippen MR) is 79.0 cm³/mol. The molecule has 0 radical (unpaired) electrons. The summed E-state index contributed by atoms with van der Waals surface area (Å²) in [6.07, 6.45) is 5.11. The van der Waals surface area contributed by atoms with E-state index < -0.39 is 0 Å². The summed E-state index contributed by atoms with van der Waals surface area (Å²) in [7, 11) is 0. The van der Waals surface area contributed by atoms with E-state index in [0.29, 0.717) is 12.4 Å². The van der Waals surface area contributed by atoms with Crippen molar-refractivity contribution in [3.05, 3.63) is 34.9 Å². The van der Waals surface area contributed by atoms with Gasteiger partial charge in [-0.25, -0.2) is 0 Å². The van der Waals surface area contributed by atoms with Crippen LogP contribution in [0.15, 0.2) is 23.8 Å². The van der Waals surface area contributed by atoms with Crippen molar-refractivity contribution in [2.24, 2.45) is 0 Å². The molecule has 0 bridgehead atoms. The smallest absolute Gasteiger partial charge is 0.127 e. The fourth-order valence-electron chi connectivity index (χ4n) is 2.65. The number of phenols is 1. The Bertz CT molecular complexity index is 498. The highest BCUT2D eigenvalue weighted by atomic mass is 16.5. The van der Waals surface area contributed by atoms with Crippen LogP contribution in [0, 0.1) is 0 Å². The summed E-state index contributed by atoms with van der Waals surface area (Å²) in [5.41, 5.74) is 3.35. The lowest BCUT2D eigenvalue weighted by Crippen LogP contribution is -2.17.